The Labute approximate surface area is 184 Å². The molecule has 4 aromatic rings. The summed E-state index contributed by atoms with van der Waals surface area (Å²) in [6.45, 7) is 0.342. The number of pyridine rings is 1. The lowest BCUT2D eigenvalue weighted by Gasteiger charge is -2.13. The van der Waals surface area contributed by atoms with Crippen molar-refractivity contribution in [1.29, 1.82) is 0 Å². The first-order valence-corrected chi connectivity index (χ1v) is 9.83. The Morgan fingerprint density at radius 3 is 2.25 bits per heavy atom. The zero-order valence-corrected chi connectivity index (χ0v) is 17.3. The van der Waals surface area contributed by atoms with E-state index in [0.717, 1.165) is 16.5 Å². The van der Waals surface area contributed by atoms with E-state index in [9.17, 15) is 9.18 Å². The maximum Gasteiger partial charge on any atom is 0.323 e. The monoisotopic (exact) mass is 432 g/mol. The molecule has 8 heteroatoms. The molecule has 0 aliphatic carbocycles. The van der Waals surface area contributed by atoms with Crippen molar-refractivity contribution in [1.82, 2.24) is 4.98 Å². The smallest absolute Gasteiger partial charge is 0.323 e. The summed E-state index contributed by atoms with van der Waals surface area (Å²) in [7, 11) is 1.59. The maximum atomic E-state index is 13.0. The first kappa shape index (κ1) is 21.1. The Morgan fingerprint density at radius 1 is 0.969 bits per heavy atom. The Hall–Kier alpha value is -4.17. The van der Waals surface area contributed by atoms with E-state index in [1.165, 1.54) is 24.3 Å². The number of ether oxygens (including phenoxy) is 2. The van der Waals surface area contributed by atoms with Gasteiger partial charge in [-0.2, -0.15) is 0 Å². The molecule has 0 spiro atoms. The molecule has 0 saturated carbocycles. The van der Waals surface area contributed by atoms with Crippen LogP contribution < -0.4 is 25.8 Å². The molecule has 1 heterocycles. The highest BCUT2D eigenvalue weighted by Gasteiger charge is 2.10. The third kappa shape index (κ3) is 4.76. The van der Waals surface area contributed by atoms with Gasteiger partial charge in [0.25, 0.3) is 0 Å². The molecule has 0 saturated heterocycles. The summed E-state index contributed by atoms with van der Waals surface area (Å²) in [5, 5.41) is 6.15. The van der Waals surface area contributed by atoms with E-state index in [1.807, 2.05) is 12.1 Å². The van der Waals surface area contributed by atoms with Gasteiger partial charge in [0, 0.05) is 35.1 Å². The van der Waals surface area contributed by atoms with Gasteiger partial charge in [-0.3, -0.25) is 4.98 Å². The molecule has 0 unspecified atom stereocenters. The predicted octanol–water partition coefficient (Wildman–Crippen LogP) is 5.28. The molecule has 0 bridgehead atoms. The second kappa shape index (κ2) is 9.32. The molecule has 32 heavy (non-hydrogen) atoms. The van der Waals surface area contributed by atoms with E-state index in [2.05, 4.69) is 15.6 Å². The van der Waals surface area contributed by atoms with Crippen LogP contribution in [-0.4, -0.2) is 18.1 Å². The molecule has 3 aromatic carbocycles. The number of hydrogen-bond acceptors (Lipinski definition) is 5. The number of anilines is 2. The number of carbonyl (C=O) groups is 1. The fourth-order valence-electron chi connectivity index (χ4n) is 3.19. The standard InChI is InChI=1S/C24H21FN4O3/c1-31-23-13-20-21(12-15(23)14-26)27-11-10-22(20)32-19-8-6-18(7-9-19)29-24(30)28-17-4-2-16(25)3-5-17/h2-13H,14,26H2,1H3,(H2,28,29,30). The van der Waals surface area contributed by atoms with Gasteiger partial charge in [-0.1, -0.05) is 0 Å². The third-order valence-electron chi connectivity index (χ3n) is 4.77. The molecular formula is C24H21FN4O3. The van der Waals surface area contributed by atoms with Crippen molar-refractivity contribution in [2.24, 2.45) is 5.73 Å². The minimum absolute atomic E-state index is 0.342. The number of halogens is 1. The van der Waals surface area contributed by atoms with Gasteiger partial charge < -0.3 is 25.8 Å². The summed E-state index contributed by atoms with van der Waals surface area (Å²) in [6.07, 6.45) is 1.67. The highest BCUT2D eigenvalue weighted by atomic mass is 19.1. The second-order valence-electron chi connectivity index (χ2n) is 6.91. The molecule has 0 aliphatic heterocycles. The summed E-state index contributed by atoms with van der Waals surface area (Å²) in [4.78, 5) is 16.5. The average Bonchev–Trinajstić information content (AvgIpc) is 2.81. The van der Waals surface area contributed by atoms with Gasteiger partial charge in [-0.15, -0.1) is 0 Å². The lowest BCUT2D eigenvalue weighted by molar-refractivity contribution is 0.262. The van der Waals surface area contributed by atoms with Crippen LogP contribution in [0.4, 0.5) is 20.6 Å². The summed E-state index contributed by atoms with van der Waals surface area (Å²) < 4.78 is 24.4. The number of benzene rings is 3. The quantitative estimate of drug-likeness (QED) is 0.385. The number of aromatic nitrogens is 1. The topological polar surface area (TPSA) is 98.5 Å². The first-order chi connectivity index (χ1) is 15.6. The van der Waals surface area contributed by atoms with Crippen LogP contribution in [0.3, 0.4) is 0 Å². The molecule has 7 nitrogen and oxygen atoms in total. The van der Waals surface area contributed by atoms with Crippen molar-refractivity contribution in [2.45, 2.75) is 6.54 Å². The van der Waals surface area contributed by atoms with Crippen molar-refractivity contribution in [3.8, 4) is 17.2 Å². The van der Waals surface area contributed by atoms with E-state index in [1.54, 1.807) is 43.6 Å². The highest BCUT2D eigenvalue weighted by Crippen LogP contribution is 2.33. The fourth-order valence-corrected chi connectivity index (χ4v) is 3.19. The van der Waals surface area contributed by atoms with Gasteiger partial charge in [0.1, 0.15) is 23.1 Å². The normalized spacial score (nSPS) is 10.6. The predicted molar refractivity (Wildman–Crippen MR) is 122 cm³/mol. The number of nitrogens with zero attached hydrogens (tertiary/aromatic N) is 1. The van der Waals surface area contributed by atoms with Crippen molar-refractivity contribution < 1.29 is 18.7 Å². The fraction of sp³-hybridized carbons (Fsp3) is 0.0833. The van der Waals surface area contributed by atoms with Crippen molar-refractivity contribution in [3.63, 3.8) is 0 Å². The number of methoxy groups -OCH3 is 1. The summed E-state index contributed by atoms with van der Waals surface area (Å²) in [6, 6.07) is 17.5. The Kier molecular flexibility index (Phi) is 6.14. The zero-order chi connectivity index (χ0) is 22.5. The molecular weight excluding hydrogens is 411 g/mol. The van der Waals surface area contributed by atoms with Gasteiger partial charge in [0.15, 0.2) is 0 Å². The molecule has 2 amide bonds. The van der Waals surface area contributed by atoms with E-state index in [-0.39, 0.29) is 5.82 Å². The summed E-state index contributed by atoms with van der Waals surface area (Å²) >= 11 is 0. The number of fused-ring (bicyclic) bond motifs is 1. The van der Waals surface area contributed by atoms with E-state index < -0.39 is 6.03 Å². The van der Waals surface area contributed by atoms with Crippen LogP contribution in [0.1, 0.15) is 5.56 Å². The van der Waals surface area contributed by atoms with Crippen LogP contribution in [0.25, 0.3) is 10.9 Å². The zero-order valence-electron chi connectivity index (χ0n) is 17.3. The van der Waals surface area contributed by atoms with Crippen LogP contribution in [0.2, 0.25) is 0 Å². The van der Waals surface area contributed by atoms with Gasteiger partial charge in [-0.25, -0.2) is 9.18 Å². The van der Waals surface area contributed by atoms with E-state index in [0.29, 0.717) is 35.2 Å². The lowest BCUT2D eigenvalue weighted by Crippen LogP contribution is -2.19. The van der Waals surface area contributed by atoms with Crippen LogP contribution in [0.15, 0.2) is 72.9 Å². The van der Waals surface area contributed by atoms with Crippen LogP contribution in [0, 0.1) is 5.82 Å². The maximum absolute atomic E-state index is 13.0. The van der Waals surface area contributed by atoms with Crippen LogP contribution >= 0.6 is 0 Å². The number of nitrogens with two attached hydrogens (primary N) is 1. The highest BCUT2D eigenvalue weighted by molar-refractivity contribution is 5.99. The van der Waals surface area contributed by atoms with Gasteiger partial charge in [-0.05, 0) is 66.7 Å². The molecule has 0 fully saturated rings. The minimum atomic E-state index is -0.437. The van der Waals surface area contributed by atoms with Crippen molar-refractivity contribution >= 4 is 28.3 Å². The Balaban J connectivity index is 1.47. The number of carbonyl (C=O) groups excluding carboxylic acids is 1. The molecule has 1 aromatic heterocycles. The number of rotatable bonds is 6. The lowest BCUT2D eigenvalue weighted by atomic mass is 10.1. The van der Waals surface area contributed by atoms with Gasteiger partial charge in [0.05, 0.1) is 12.6 Å². The molecule has 0 atom stereocenters. The molecule has 162 valence electrons. The third-order valence-corrected chi connectivity index (χ3v) is 4.77. The number of hydrogen-bond donors (Lipinski definition) is 3. The Bertz CT molecular complexity index is 1240. The summed E-state index contributed by atoms with van der Waals surface area (Å²) in [5.74, 6) is 1.51. The van der Waals surface area contributed by atoms with Gasteiger partial charge >= 0.3 is 6.03 Å². The van der Waals surface area contributed by atoms with E-state index in [4.69, 9.17) is 15.2 Å². The SMILES string of the molecule is COc1cc2c(Oc3ccc(NC(=O)Nc4ccc(F)cc4)cc3)ccnc2cc1CN. The largest absolute Gasteiger partial charge is 0.496 e. The number of nitrogens with one attached hydrogen (secondary N) is 2. The van der Waals surface area contributed by atoms with Crippen LogP contribution in [0.5, 0.6) is 17.2 Å². The van der Waals surface area contributed by atoms with Crippen molar-refractivity contribution in [3.05, 3.63) is 84.3 Å². The van der Waals surface area contributed by atoms with Gasteiger partial charge in [0.2, 0.25) is 0 Å². The average molecular weight is 432 g/mol. The number of amides is 2. The van der Waals surface area contributed by atoms with Crippen LogP contribution in [-0.2, 0) is 6.54 Å². The summed E-state index contributed by atoms with van der Waals surface area (Å²) in [5.41, 5.74) is 8.46. The molecule has 4 N–H and O–H groups in total. The minimum Gasteiger partial charge on any atom is -0.496 e. The first-order valence-electron chi connectivity index (χ1n) is 9.83. The Morgan fingerprint density at radius 2 is 1.62 bits per heavy atom. The van der Waals surface area contributed by atoms with Crippen molar-refractivity contribution in [2.75, 3.05) is 17.7 Å². The molecule has 0 radical (unpaired) electrons. The number of urea groups is 1. The molecule has 4 rings (SSSR count). The second-order valence-corrected chi connectivity index (χ2v) is 6.91. The van der Waals surface area contributed by atoms with E-state index >= 15 is 0 Å². The molecule has 0 aliphatic rings.